The van der Waals surface area contributed by atoms with E-state index in [0.717, 1.165) is 50.1 Å². The number of quaternary nitrogens is 1. The number of hydrogen-bond donors (Lipinski definition) is 0. The maximum Gasteiger partial charge on any atom is 0.104 e. The molecule has 5 heteroatoms. The Labute approximate surface area is 232 Å². The number of ether oxygens (including phenoxy) is 4. The summed E-state index contributed by atoms with van der Waals surface area (Å²) in [5, 5.41) is 0. The molecule has 0 aromatic heterocycles. The summed E-state index contributed by atoms with van der Waals surface area (Å²) in [7, 11) is 6.54. The van der Waals surface area contributed by atoms with E-state index in [1.165, 1.54) is 96.3 Å². The lowest BCUT2D eigenvalue weighted by molar-refractivity contribution is -0.870. The van der Waals surface area contributed by atoms with Crippen LogP contribution >= 0.6 is 0 Å². The molecule has 0 rings (SSSR count). The minimum absolute atomic E-state index is 0.0267. The van der Waals surface area contributed by atoms with Crippen LogP contribution in [0.1, 0.15) is 129 Å². The van der Waals surface area contributed by atoms with Crippen LogP contribution in [0.4, 0.5) is 0 Å². The summed E-state index contributed by atoms with van der Waals surface area (Å²) < 4.78 is 24.3. The molecule has 0 saturated heterocycles. The summed E-state index contributed by atoms with van der Waals surface area (Å²) in [6, 6.07) is 0. The third-order valence-corrected chi connectivity index (χ3v) is 6.88. The molecule has 0 bridgehead atoms. The first kappa shape index (κ1) is 36.8. The summed E-state index contributed by atoms with van der Waals surface area (Å²) in [6.45, 7) is 10.4. The van der Waals surface area contributed by atoms with Crippen LogP contribution in [0.5, 0.6) is 0 Å². The number of likely N-dealkylation sites (N-methyl/N-ethyl adjacent to an activating group) is 1. The molecule has 37 heavy (non-hydrogen) atoms. The Bertz CT molecular complexity index is 428. The van der Waals surface area contributed by atoms with Gasteiger partial charge in [-0.2, -0.15) is 0 Å². The molecule has 0 heterocycles. The smallest absolute Gasteiger partial charge is 0.104 e. The second kappa shape index (κ2) is 28.8. The van der Waals surface area contributed by atoms with Crippen molar-refractivity contribution in [3.8, 4) is 0 Å². The maximum atomic E-state index is 5.99. The highest BCUT2D eigenvalue weighted by molar-refractivity contribution is 4.57. The largest absolute Gasteiger partial charge is 0.379 e. The molecule has 0 aromatic rings. The predicted molar refractivity (Wildman–Crippen MR) is 160 cm³/mol. The Morgan fingerprint density at radius 2 is 0.865 bits per heavy atom. The average molecular weight is 531 g/mol. The molecule has 0 saturated carbocycles. The van der Waals surface area contributed by atoms with Crippen molar-refractivity contribution in [1.29, 1.82) is 0 Å². The lowest BCUT2D eigenvalue weighted by atomic mass is 10.0. The zero-order valence-corrected chi connectivity index (χ0v) is 26.0. The van der Waals surface area contributed by atoms with Crippen molar-refractivity contribution < 1.29 is 23.4 Å². The fourth-order valence-electron chi connectivity index (χ4n) is 4.28. The number of rotatable bonds is 31. The fourth-order valence-corrected chi connectivity index (χ4v) is 4.28. The zero-order valence-electron chi connectivity index (χ0n) is 26.0. The topological polar surface area (TPSA) is 36.9 Å². The standard InChI is InChI=1S/C32H68NO4/c1-6-8-10-11-12-13-14-15-16-17-18-19-20-21-22-23-25-35-30-32(37-26-9-7-2)31-36-29-28-34-27-24-33(3,4)5/h32H,6-31H2,1-5H3/q+1. The van der Waals surface area contributed by atoms with E-state index in [-0.39, 0.29) is 6.10 Å². The van der Waals surface area contributed by atoms with Crippen LogP contribution in [0.2, 0.25) is 0 Å². The quantitative estimate of drug-likeness (QED) is 0.0669. The Hall–Kier alpha value is -0.200. The third kappa shape index (κ3) is 31.9. The van der Waals surface area contributed by atoms with Crippen LogP contribution in [0, 0.1) is 0 Å². The molecule has 0 aliphatic carbocycles. The van der Waals surface area contributed by atoms with E-state index in [4.69, 9.17) is 18.9 Å². The van der Waals surface area contributed by atoms with Crippen molar-refractivity contribution in [3.63, 3.8) is 0 Å². The van der Waals surface area contributed by atoms with Gasteiger partial charge in [0.15, 0.2) is 0 Å². The van der Waals surface area contributed by atoms with Crippen molar-refractivity contribution in [3.05, 3.63) is 0 Å². The summed E-state index contributed by atoms with van der Waals surface area (Å²) in [5.41, 5.74) is 0. The van der Waals surface area contributed by atoms with Gasteiger partial charge in [0, 0.05) is 13.2 Å². The van der Waals surface area contributed by atoms with Gasteiger partial charge in [-0.1, -0.05) is 117 Å². The highest BCUT2D eigenvalue weighted by atomic mass is 16.6. The molecular formula is C32H68NO4+. The molecule has 5 nitrogen and oxygen atoms in total. The predicted octanol–water partition coefficient (Wildman–Crippen LogP) is 8.19. The van der Waals surface area contributed by atoms with Gasteiger partial charge in [-0.15, -0.1) is 0 Å². The SMILES string of the molecule is CCCCCCCCCCCCCCCCCCOCC(COCCOCC[N+](C)(C)C)OCCCC. The van der Waals surface area contributed by atoms with Crippen LogP contribution in [0.3, 0.4) is 0 Å². The van der Waals surface area contributed by atoms with Gasteiger partial charge in [0.1, 0.15) is 12.6 Å². The van der Waals surface area contributed by atoms with Crippen LogP contribution in [0.15, 0.2) is 0 Å². The highest BCUT2D eigenvalue weighted by Crippen LogP contribution is 2.13. The van der Waals surface area contributed by atoms with Gasteiger partial charge in [0.2, 0.25) is 0 Å². The molecule has 1 unspecified atom stereocenters. The van der Waals surface area contributed by atoms with Gasteiger partial charge in [-0.05, 0) is 12.8 Å². The van der Waals surface area contributed by atoms with Gasteiger partial charge in [0.05, 0.1) is 54.2 Å². The van der Waals surface area contributed by atoms with E-state index in [0.29, 0.717) is 26.4 Å². The van der Waals surface area contributed by atoms with Crippen LogP contribution in [0.25, 0.3) is 0 Å². The number of hydrogen-bond acceptors (Lipinski definition) is 4. The Morgan fingerprint density at radius 3 is 1.35 bits per heavy atom. The molecular weight excluding hydrogens is 462 g/mol. The Balaban J connectivity index is 3.53. The van der Waals surface area contributed by atoms with Gasteiger partial charge in [-0.25, -0.2) is 0 Å². The van der Waals surface area contributed by atoms with E-state index in [9.17, 15) is 0 Å². The molecule has 0 aliphatic rings. The molecule has 0 amide bonds. The average Bonchev–Trinajstić information content (AvgIpc) is 2.86. The zero-order chi connectivity index (χ0) is 27.3. The molecule has 1 atom stereocenters. The Kier molecular flexibility index (Phi) is 28.6. The van der Waals surface area contributed by atoms with Gasteiger partial charge in [0.25, 0.3) is 0 Å². The number of nitrogens with zero attached hydrogens (tertiary/aromatic N) is 1. The summed E-state index contributed by atoms with van der Waals surface area (Å²) in [6.07, 6.45) is 24.6. The maximum absolute atomic E-state index is 5.99. The molecule has 0 aliphatic heterocycles. The van der Waals surface area contributed by atoms with Gasteiger partial charge in [-0.3, -0.25) is 0 Å². The van der Waals surface area contributed by atoms with E-state index in [1.807, 2.05) is 0 Å². The number of unbranched alkanes of at least 4 members (excludes halogenated alkanes) is 16. The Morgan fingerprint density at radius 1 is 0.432 bits per heavy atom. The minimum atomic E-state index is 0.0267. The second-order valence-corrected chi connectivity index (χ2v) is 11.9. The first-order valence-corrected chi connectivity index (χ1v) is 16.1. The lowest BCUT2D eigenvalue weighted by Gasteiger charge is -2.23. The van der Waals surface area contributed by atoms with E-state index < -0.39 is 0 Å². The molecule has 0 aromatic carbocycles. The molecule has 0 fully saturated rings. The monoisotopic (exact) mass is 531 g/mol. The van der Waals surface area contributed by atoms with E-state index in [1.54, 1.807) is 0 Å². The molecule has 0 radical (unpaired) electrons. The molecule has 0 spiro atoms. The van der Waals surface area contributed by atoms with Crippen molar-refractivity contribution in [2.45, 2.75) is 136 Å². The normalized spacial score (nSPS) is 12.9. The van der Waals surface area contributed by atoms with Crippen LogP contribution < -0.4 is 0 Å². The first-order valence-electron chi connectivity index (χ1n) is 16.1. The summed E-state index contributed by atoms with van der Waals surface area (Å²) in [5.74, 6) is 0. The van der Waals surface area contributed by atoms with Crippen molar-refractivity contribution in [2.75, 3.05) is 73.9 Å². The van der Waals surface area contributed by atoms with Crippen molar-refractivity contribution >= 4 is 0 Å². The van der Waals surface area contributed by atoms with Crippen molar-refractivity contribution in [1.82, 2.24) is 0 Å². The van der Waals surface area contributed by atoms with Gasteiger partial charge >= 0.3 is 0 Å². The first-order chi connectivity index (χ1) is 18.0. The van der Waals surface area contributed by atoms with Crippen LogP contribution in [-0.2, 0) is 18.9 Å². The summed E-state index contributed by atoms with van der Waals surface area (Å²) in [4.78, 5) is 0. The van der Waals surface area contributed by atoms with E-state index in [2.05, 4.69) is 35.0 Å². The fraction of sp³-hybridized carbons (Fsp3) is 1.00. The lowest BCUT2D eigenvalue weighted by Crippen LogP contribution is -2.37. The van der Waals surface area contributed by atoms with Crippen molar-refractivity contribution in [2.24, 2.45) is 0 Å². The molecule has 0 N–H and O–H groups in total. The highest BCUT2D eigenvalue weighted by Gasteiger charge is 2.10. The second-order valence-electron chi connectivity index (χ2n) is 11.9. The minimum Gasteiger partial charge on any atom is -0.379 e. The summed E-state index contributed by atoms with van der Waals surface area (Å²) >= 11 is 0. The molecule has 224 valence electrons. The van der Waals surface area contributed by atoms with Crippen LogP contribution in [-0.4, -0.2) is 84.5 Å². The third-order valence-electron chi connectivity index (χ3n) is 6.88. The van der Waals surface area contributed by atoms with E-state index >= 15 is 0 Å². The van der Waals surface area contributed by atoms with Gasteiger partial charge < -0.3 is 23.4 Å².